The summed E-state index contributed by atoms with van der Waals surface area (Å²) >= 11 is 0. The molecule has 0 N–H and O–H groups in total. The fourth-order valence-corrected chi connectivity index (χ4v) is 6.19. The van der Waals surface area contributed by atoms with Crippen LogP contribution in [0.3, 0.4) is 0 Å². The van der Waals surface area contributed by atoms with Crippen LogP contribution < -0.4 is 0 Å². The zero-order valence-electron chi connectivity index (χ0n) is 17.6. The Bertz CT molecular complexity index is 633. The van der Waals surface area contributed by atoms with Crippen molar-refractivity contribution < 1.29 is 14.4 Å². The molecule has 2 bridgehead atoms. The highest BCUT2D eigenvalue weighted by atomic mass is 16.1. The van der Waals surface area contributed by atoms with Crippen LogP contribution in [0.1, 0.15) is 83.5 Å². The summed E-state index contributed by atoms with van der Waals surface area (Å²) in [4.78, 5) is 42.0. The number of hydrogen-bond acceptors (Lipinski definition) is 6. The van der Waals surface area contributed by atoms with E-state index >= 15 is 0 Å². The zero-order chi connectivity index (χ0) is 20.8. The van der Waals surface area contributed by atoms with Gasteiger partial charge < -0.3 is 0 Å². The van der Waals surface area contributed by atoms with Gasteiger partial charge in [0.05, 0.1) is 19.6 Å². The van der Waals surface area contributed by atoms with Crippen molar-refractivity contribution in [2.45, 2.75) is 83.5 Å². The maximum absolute atomic E-state index is 10.5. The van der Waals surface area contributed by atoms with Crippen LogP contribution in [0.15, 0.2) is 15.0 Å². The van der Waals surface area contributed by atoms with Crippen molar-refractivity contribution in [1.29, 1.82) is 0 Å². The van der Waals surface area contributed by atoms with E-state index in [0.29, 0.717) is 31.0 Å². The summed E-state index contributed by atoms with van der Waals surface area (Å²) < 4.78 is 0. The molecule has 6 nitrogen and oxygen atoms in total. The number of hydrogen-bond donors (Lipinski definition) is 0. The molecule has 2 aliphatic carbocycles. The summed E-state index contributed by atoms with van der Waals surface area (Å²) in [5.41, 5.74) is 0.395. The van der Waals surface area contributed by atoms with Crippen molar-refractivity contribution in [2.75, 3.05) is 19.6 Å². The number of aliphatic imine (C=N–C) groups is 3. The van der Waals surface area contributed by atoms with Crippen LogP contribution in [0.4, 0.5) is 0 Å². The molecule has 0 aromatic rings. The Morgan fingerprint density at radius 2 is 1.21 bits per heavy atom. The number of isocyanates is 3. The summed E-state index contributed by atoms with van der Waals surface area (Å²) in [6, 6.07) is 0. The average molecular weight is 402 g/mol. The predicted molar refractivity (Wildman–Crippen MR) is 112 cm³/mol. The summed E-state index contributed by atoms with van der Waals surface area (Å²) in [5, 5.41) is 0. The number of carbonyl (C=O) groups excluding carboxylic acids is 3. The molecule has 6 heteroatoms. The lowest BCUT2D eigenvalue weighted by atomic mass is 9.63. The van der Waals surface area contributed by atoms with Crippen molar-refractivity contribution in [3.05, 3.63) is 0 Å². The minimum atomic E-state index is 0.395. The second-order valence-electron chi connectivity index (χ2n) is 8.89. The van der Waals surface area contributed by atoms with Crippen LogP contribution in [0.2, 0.25) is 0 Å². The lowest BCUT2D eigenvalue weighted by Gasteiger charge is -2.42. The summed E-state index contributed by atoms with van der Waals surface area (Å²) in [6.07, 6.45) is 20.3. The molecular formula is C23H35N3O3. The molecule has 29 heavy (non-hydrogen) atoms. The molecule has 2 fully saturated rings. The van der Waals surface area contributed by atoms with E-state index < -0.39 is 0 Å². The van der Waals surface area contributed by atoms with E-state index in [1.54, 1.807) is 18.2 Å². The standard InChI is InChI=1S/C23H35N3O3/c27-17-24-11-6-4-2-1-3-5-10-23-16-20(15-22(23)9-13-26-19-29)14-21(23)8-7-12-25-18-28/h20-22H,1-16H2. The Hall–Kier alpha value is -1.86. The third kappa shape index (κ3) is 7.16. The quantitative estimate of drug-likeness (QED) is 0.209. The van der Waals surface area contributed by atoms with Crippen molar-refractivity contribution in [3.8, 4) is 0 Å². The monoisotopic (exact) mass is 401 g/mol. The Morgan fingerprint density at radius 1 is 0.655 bits per heavy atom. The van der Waals surface area contributed by atoms with Gasteiger partial charge >= 0.3 is 0 Å². The SMILES string of the molecule is O=C=NCCCCCCCCC12CC(CC1CCCN=C=O)CC2CCN=C=O. The number of fused-ring (bicyclic) bond motifs is 2. The van der Waals surface area contributed by atoms with Gasteiger partial charge in [0.2, 0.25) is 18.2 Å². The maximum atomic E-state index is 10.5. The Labute approximate surface area is 174 Å². The molecule has 2 saturated carbocycles. The lowest BCUT2D eigenvalue weighted by Crippen LogP contribution is -2.34. The summed E-state index contributed by atoms with van der Waals surface area (Å²) in [6.45, 7) is 1.80. The fraction of sp³-hybridized carbons (Fsp3) is 0.870. The molecule has 0 amide bonds. The van der Waals surface area contributed by atoms with Gasteiger partial charge in [0.25, 0.3) is 0 Å². The molecule has 2 aliphatic rings. The lowest BCUT2D eigenvalue weighted by molar-refractivity contribution is 0.0750. The van der Waals surface area contributed by atoms with E-state index in [0.717, 1.165) is 43.9 Å². The molecule has 0 aromatic carbocycles. The Balaban J connectivity index is 1.83. The molecule has 2 rings (SSSR count). The fourth-order valence-electron chi connectivity index (χ4n) is 6.19. The number of rotatable bonds is 16. The summed E-state index contributed by atoms with van der Waals surface area (Å²) in [7, 11) is 0. The first-order chi connectivity index (χ1) is 14.3. The van der Waals surface area contributed by atoms with Crippen LogP contribution in [0, 0.1) is 23.2 Å². The normalized spacial score (nSPS) is 27.1. The minimum absolute atomic E-state index is 0.395. The van der Waals surface area contributed by atoms with Gasteiger partial charge in [0, 0.05) is 0 Å². The van der Waals surface area contributed by atoms with Gasteiger partial charge in [-0.2, -0.15) is 0 Å². The molecule has 0 saturated heterocycles. The van der Waals surface area contributed by atoms with E-state index in [2.05, 4.69) is 15.0 Å². The predicted octanol–water partition coefficient (Wildman–Crippen LogP) is 4.93. The van der Waals surface area contributed by atoms with Crippen LogP contribution in [0.25, 0.3) is 0 Å². The topological polar surface area (TPSA) is 88.3 Å². The minimum Gasteiger partial charge on any atom is -0.211 e. The Kier molecular flexibility index (Phi) is 10.8. The van der Waals surface area contributed by atoms with E-state index in [-0.39, 0.29) is 0 Å². The second-order valence-corrected chi connectivity index (χ2v) is 8.89. The first-order valence-corrected chi connectivity index (χ1v) is 11.4. The van der Waals surface area contributed by atoms with Gasteiger partial charge in [-0.05, 0) is 74.5 Å². The number of unbranched alkanes of at least 4 members (excludes halogenated alkanes) is 5. The second kappa shape index (κ2) is 13.4. The van der Waals surface area contributed by atoms with Crippen LogP contribution in [-0.2, 0) is 14.4 Å². The molecule has 4 unspecified atom stereocenters. The van der Waals surface area contributed by atoms with Crippen molar-refractivity contribution in [3.63, 3.8) is 0 Å². The van der Waals surface area contributed by atoms with Gasteiger partial charge in [-0.25, -0.2) is 29.4 Å². The van der Waals surface area contributed by atoms with E-state index in [1.807, 2.05) is 0 Å². The molecule has 160 valence electrons. The highest BCUT2D eigenvalue weighted by Gasteiger charge is 2.56. The largest absolute Gasteiger partial charge is 0.234 e. The van der Waals surface area contributed by atoms with Gasteiger partial charge in [0.1, 0.15) is 0 Å². The molecule has 0 spiro atoms. The van der Waals surface area contributed by atoms with Gasteiger partial charge in [0.15, 0.2) is 0 Å². The molecule has 0 heterocycles. The van der Waals surface area contributed by atoms with Crippen molar-refractivity contribution in [2.24, 2.45) is 38.1 Å². The third-order valence-corrected chi connectivity index (χ3v) is 7.30. The van der Waals surface area contributed by atoms with Gasteiger partial charge in [-0.1, -0.05) is 32.1 Å². The van der Waals surface area contributed by atoms with E-state index in [4.69, 9.17) is 0 Å². The highest BCUT2D eigenvalue weighted by Crippen LogP contribution is 2.65. The molecule has 0 aliphatic heterocycles. The Morgan fingerprint density at radius 3 is 1.90 bits per heavy atom. The average Bonchev–Trinajstić information content (AvgIpc) is 3.25. The van der Waals surface area contributed by atoms with E-state index in [1.165, 1.54) is 51.4 Å². The molecule has 0 radical (unpaired) electrons. The molecular weight excluding hydrogens is 366 g/mol. The van der Waals surface area contributed by atoms with Gasteiger partial charge in [-0.3, -0.25) is 0 Å². The number of nitrogens with zero attached hydrogens (tertiary/aromatic N) is 3. The molecule has 0 aromatic heterocycles. The van der Waals surface area contributed by atoms with Crippen LogP contribution in [-0.4, -0.2) is 37.9 Å². The summed E-state index contributed by atoms with van der Waals surface area (Å²) in [5.74, 6) is 2.20. The zero-order valence-corrected chi connectivity index (χ0v) is 17.6. The smallest absolute Gasteiger partial charge is 0.211 e. The maximum Gasteiger partial charge on any atom is 0.234 e. The first-order valence-electron chi connectivity index (χ1n) is 11.4. The van der Waals surface area contributed by atoms with Crippen molar-refractivity contribution >= 4 is 18.2 Å². The molecule has 4 atom stereocenters. The highest BCUT2D eigenvalue weighted by molar-refractivity contribution is 5.33. The van der Waals surface area contributed by atoms with Crippen LogP contribution >= 0.6 is 0 Å². The first kappa shape index (κ1) is 23.4. The van der Waals surface area contributed by atoms with Crippen LogP contribution in [0.5, 0.6) is 0 Å². The third-order valence-electron chi connectivity index (χ3n) is 7.30. The van der Waals surface area contributed by atoms with Gasteiger partial charge in [-0.15, -0.1) is 0 Å². The van der Waals surface area contributed by atoms with E-state index in [9.17, 15) is 14.4 Å². The van der Waals surface area contributed by atoms with Crippen molar-refractivity contribution in [1.82, 2.24) is 0 Å².